The van der Waals surface area contributed by atoms with Crippen LogP contribution in [0.15, 0.2) is 24.3 Å². The van der Waals surface area contributed by atoms with Gasteiger partial charge in [0, 0.05) is 12.6 Å². The molecule has 0 radical (unpaired) electrons. The van der Waals surface area contributed by atoms with Gasteiger partial charge >= 0.3 is 5.97 Å². The Morgan fingerprint density at radius 2 is 2.00 bits per heavy atom. The van der Waals surface area contributed by atoms with E-state index in [2.05, 4.69) is 13.8 Å². The Kier molecular flexibility index (Phi) is 4.89. The van der Waals surface area contributed by atoms with E-state index in [4.69, 9.17) is 5.11 Å². The van der Waals surface area contributed by atoms with Gasteiger partial charge in [-0.1, -0.05) is 26.0 Å². The molecule has 18 heavy (non-hydrogen) atoms. The van der Waals surface area contributed by atoms with Crippen LogP contribution in [0.1, 0.15) is 29.8 Å². The summed E-state index contributed by atoms with van der Waals surface area (Å²) in [5.41, 5.74) is 1.64. The van der Waals surface area contributed by atoms with Crippen LogP contribution in [0.3, 0.4) is 0 Å². The number of hydrogen-bond donors (Lipinski definition) is 1. The van der Waals surface area contributed by atoms with Gasteiger partial charge < -0.3 is 10.0 Å². The van der Waals surface area contributed by atoms with Gasteiger partial charge in [-0.05, 0) is 30.0 Å². The Hall–Kier alpha value is -1.84. The first-order valence-corrected chi connectivity index (χ1v) is 5.96. The van der Waals surface area contributed by atoms with Crippen molar-refractivity contribution in [1.82, 2.24) is 4.90 Å². The number of nitrogens with zero attached hydrogens (tertiary/aromatic N) is 1. The number of aliphatic carboxylic acids is 1. The Balaban J connectivity index is 2.82. The van der Waals surface area contributed by atoms with Gasteiger partial charge in [-0.25, -0.2) is 0 Å². The van der Waals surface area contributed by atoms with Gasteiger partial charge in [0.2, 0.25) is 0 Å². The zero-order valence-corrected chi connectivity index (χ0v) is 11.0. The third-order valence-corrected chi connectivity index (χ3v) is 2.54. The summed E-state index contributed by atoms with van der Waals surface area (Å²) in [4.78, 5) is 23.7. The average molecular weight is 249 g/mol. The quantitative estimate of drug-likeness (QED) is 0.868. The fourth-order valence-electron chi connectivity index (χ4n) is 1.80. The number of amides is 1. The molecule has 0 spiro atoms. The van der Waals surface area contributed by atoms with Gasteiger partial charge in [-0.2, -0.15) is 0 Å². The lowest BCUT2D eigenvalue weighted by molar-refractivity contribution is -0.137. The molecule has 0 aliphatic rings. The van der Waals surface area contributed by atoms with E-state index in [1.54, 1.807) is 6.07 Å². The van der Waals surface area contributed by atoms with Gasteiger partial charge in [0.15, 0.2) is 0 Å². The maximum atomic E-state index is 12.0. The van der Waals surface area contributed by atoms with Crippen molar-refractivity contribution in [2.24, 2.45) is 5.92 Å². The third-order valence-electron chi connectivity index (χ3n) is 2.54. The second-order valence-corrected chi connectivity index (χ2v) is 4.85. The van der Waals surface area contributed by atoms with E-state index in [-0.39, 0.29) is 12.5 Å². The highest BCUT2D eigenvalue weighted by Gasteiger charge is 2.14. The molecule has 1 amide bonds. The van der Waals surface area contributed by atoms with Gasteiger partial charge in [0.25, 0.3) is 5.91 Å². The van der Waals surface area contributed by atoms with Crippen molar-refractivity contribution in [1.29, 1.82) is 0 Å². The summed E-state index contributed by atoms with van der Waals surface area (Å²) < 4.78 is 0. The molecular weight excluding hydrogens is 230 g/mol. The van der Waals surface area contributed by atoms with E-state index in [0.717, 1.165) is 12.0 Å². The summed E-state index contributed by atoms with van der Waals surface area (Å²) in [6.45, 7) is 3.95. The highest BCUT2D eigenvalue weighted by Crippen LogP contribution is 2.12. The summed E-state index contributed by atoms with van der Waals surface area (Å²) >= 11 is 0. The number of likely N-dealkylation sites (N-methyl/N-ethyl adjacent to an activating group) is 1. The summed E-state index contributed by atoms with van der Waals surface area (Å²) in [6.07, 6.45) is 0.907. The zero-order valence-electron chi connectivity index (χ0n) is 11.0. The monoisotopic (exact) mass is 249 g/mol. The molecule has 0 aromatic heterocycles. The van der Waals surface area contributed by atoms with E-state index in [1.165, 1.54) is 11.9 Å². The molecule has 1 aromatic rings. The molecule has 0 aliphatic heterocycles. The van der Waals surface area contributed by atoms with E-state index in [0.29, 0.717) is 11.5 Å². The van der Waals surface area contributed by atoms with Crippen molar-refractivity contribution >= 4 is 11.9 Å². The minimum Gasteiger partial charge on any atom is -0.480 e. The fraction of sp³-hybridized carbons (Fsp3) is 0.429. The van der Waals surface area contributed by atoms with Gasteiger partial charge in [-0.15, -0.1) is 0 Å². The molecule has 0 fully saturated rings. The van der Waals surface area contributed by atoms with Crippen LogP contribution < -0.4 is 0 Å². The van der Waals surface area contributed by atoms with Crippen LogP contribution >= 0.6 is 0 Å². The molecule has 0 saturated heterocycles. The molecule has 4 heteroatoms. The molecule has 4 nitrogen and oxygen atoms in total. The maximum absolute atomic E-state index is 12.0. The van der Waals surface area contributed by atoms with Crippen molar-refractivity contribution in [2.45, 2.75) is 20.3 Å². The number of carbonyl (C=O) groups is 2. The number of hydrogen-bond acceptors (Lipinski definition) is 2. The van der Waals surface area contributed by atoms with Crippen LogP contribution in [-0.2, 0) is 11.2 Å². The molecule has 0 bridgehead atoms. The van der Waals surface area contributed by atoms with E-state index >= 15 is 0 Å². The predicted octanol–water partition coefficient (Wildman–Crippen LogP) is 2.04. The van der Waals surface area contributed by atoms with E-state index < -0.39 is 5.97 Å². The van der Waals surface area contributed by atoms with Gasteiger partial charge in [-0.3, -0.25) is 9.59 Å². The number of carboxylic acids is 1. The Morgan fingerprint density at radius 3 is 2.56 bits per heavy atom. The maximum Gasteiger partial charge on any atom is 0.323 e. The Labute approximate surface area is 107 Å². The lowest BCUT2D eigenvalue weighted by Gasteiger charge is -2.15. The van der Waals surface area contributed by atoms with Crippen molar-refractivity contribution < 1.29 is 14.7 Å². The van der Waals surface area contributed by atoms with Crippen molar-refractivity contribution in [2.75, 3.05) is 13.6 Å². The van der Waals surface area contributed by atoms with Gasteiger partial charge in [0.05, 0.1) is 0 Å². The number of benzene rings is 1. The smallest absolute Gasteiger partial charge is 0.323 e. The lowest BCUT2D eigenvalue weighted by Crippen LogP contribution is -2.31. The van der Waals surface area contributed by atoms with Crippen LogP contribution in [0.25, 0.3) is 0 Å². The zero-order chi connectivity index (χ0) is 13.7. The lowest BCUT2D eigenvalue weighted by atomic mass is 10.0. The largest absolute Gasteiger partial charge is 0.480 e. The standard InChI is InChI=1S/C14H19NO3/c1-10(2)7-11-5-4-6-12(8-11)14(18)15(3)9-13(16)17/h4-6,8,10H,7,9H2,1-3H3,(H,16,17). The third kappa shape index (κ3) is 4.20. The molecule has 1 rings (SSSR count). The first kappa shape index (κ1) is 14.2. The Morgan fingerprint density at radius 1 is 1.33 bits per heavy atom. The Bertz CT molecular complexity index is 440. The molecule has 0 atom stereocenters. The van der Waals surface area contributed by atoms with Crippen LogP contribution in [0, 0.1) is 5.92 Å². The summed E-state index contributed by atoms with van der Waals surface area (Å²) in [7, 11) is 1.49. The topological polar surface area (TPSA) is 57.6 Å². The second kappa shape index (κ2) is 6.19. The molecule has 98 valence electrons. The van der Waals surface area contributed by atoms with Crippen molar-refractivity contribution in [3.8, 4) is 0 Å². The minimum absolute atomic E-state index is 0.261. The first-order valence-electron chi connectivity index (χ1n) is 5.96. The molecule has 1 N–H and O–H groups in total. The van der Waals surface area contributed by atoms with Crippen LogP contribution in [0.2, 0.25) is 0 Å². The van der Waals surface area contributed by atoms with Crippen LogP contribution in [0.5, 0.6) is 0 Å². The normalized spacial score (nSPS) is 10.4. The highest BCUT2D eigenvalue weighted by molar-refractivity contribution is 5.95. The second-order valence-electron chi connectivity index (χ2n) is 4.85. The summed E-state index contributed by atoms with van der Waals surface area (Å²) in [5.74, 6) is -0.751. The highest BCUT2D eigenvalue weighted by atomic mass is 16.4. The first-order chi connectivity index (χ1) is 8.40. The summed E-state index contributed by atoms with van der Waals surface area (Å²) in [5, 5.41) is 8.66. The molecule has 0 unspecified atom stereocenters. The van der Waals surface area contributed by atoms with Gasteiger partial charge in [0.1, 0.15) is 6.54 Å². The minimum atomic E-state index is -1.01. The molecule has 0 saturated carbocycles. The van der Waals surface area contributed by atoms with E-state index in [1.807, 2.05) is 18.2 Å². The number of carbonyl (C=O) groups excluding carboxylic acids is 1. The van der Waals surface area contributed by atoms with Crippen LogP contribution in [-0.4, -0.2) is 35.5 Å². The SMILES string of the molecule is CC(C)Cc1cccc(C(=O)N(C)CC(=O)O)c1. The number of rotatable bonds is 5. The molecule has 0 heterocycles. The van der Waals surface area contributed by atoms with Crippen molar-refractivity contribution in [3.05, 3.63) is 35.4 Å². The fourth-order valence-corrected chi connectivity index (χ4v) is 1.80. The van der Waals surface area contributed by atoms with Crippen LogP contribution in [0.4, 0.5) is 0 Å². The van der Waals surface area contributed by atoms with E-state index in [9.17, 15) is 9.59 Å². The predicted molar refractivity (Wildman–Crippen MR) is 69.6 cm³/mol. The molecule has 0 aliphatic carbocycles. The summed E-state index contributed by atoms with van der Waals surface area (Å²) in [6, 6.07) is 7.36. The van der Waals surface area contributed by atoms with Crippen molar-refractivity contribution in [3.63, 3.8) is 0 Å². The average Bonchev–Trinajstić information content (AvgIpc) is 2.26. The number of carboxylic acid groups (broad SMARTS) is 1. The molecule has 1 aromatic carbocycles. The molecular formula is C14H19NO3.